The minimum Gasteiger partial charge on any atom is -0.465 e. The van der Waals surface area contributed by atoms with Crippen LogP contribution in [-0.4, -0.2) is 34.3 Å². The standard InChI is InChI=1S/C11H14ClNO3/c12-7-10(14)9(13-11(15)16)6-8-4-2-1-3-5-8/h1-5,9-10,13-14H,6-7H2,(H,15,16)/t9-,10+/m0/s1. The van der Waals surface area contributed by atoms with E-state index < -0.39 is 18.2 Å². The van der Waals surface area contributed by atoms with Gasteiger partial charge in [0, 0.05) is 0 Å². The van der Waals surface area contributed by atoms with Crippen LogP contribution < -0.4 is 5.32 Å². The van der Waals surface area contributed by atoms with Crippen LogP contribution in [-0.2, 0) is 6.42 Å². The Morgan fingerprint density at radius 1 is 1.38 bits per heavy atom. The zero-order chi connectivity index (χ0) is 12.0. The molecule has 16 heavy (non-hydrogen) atoms. The monoisotopic (exact) mass is 243 g/mol. The molecule has 4 nitrogen and oxygen atoms in total. The highest BCUT2D eigenvalue weighted by Gasteiger charge is 2.20. The third kappa shape index (κ3) is 4.08. The zero-order valence-electron chi connectivity index (χ0n) is 8.64. The second-order valence-electron chi connectivity index (χ2n) is 3.47. The van der Waals surface area contributed by atoms with Crippen LogP contribution >= 0.6 is 11.6 Å². The van der Waals surface area contributed by atoms with Crippen LogP contribution in [0.1, 0.15) is 5.56 Å². The van der Waals surface area contributed by atoms with Gasteiger partial charge >= 0.3 is 6.09 Å². The van der Waals surface area contributed by atoms with Gasteiger partial charge in [0.15, 0.2) is 0 Å². The normalized spacial score (nSPS) is 14.1. The highest BCUT2D eigenvalue weighted by molar-refractivity contribution is 6.18. The second-order valence-corrected chi connectivity index (χ2v) is 3.78. The van der Waals surface area contributed by atoms with E-state index in [0.29, 0.717) is 6.42 Å². The quantitative estimate of drug-likeness (QED) is 0.686. The van der Waals surface area contributed by atoms with Crippen molar-refractivity contribution in [1.82, 2.24) is 5.32 Å². The Labute approximate surface area is 98.9 Å². The molecule has 0 aromatic heterocycles. The number of benzene rings is 1. The average molecular weight is 244 g/mol. The number of carboxylic acid groups (broad SMARTS) is 1. The Morgan fingerprint density at radius 3 is 2.50 bits per heavy atom. The number of hydrogen-bond acceptors (Lipinski definition) is 2. The number of aliphatic hydroxyl groups excluding tert-OH is 1. The van der Waals surface area contributed by atoms with Crippen molar-refractivity contribution in [1.29, 1.82) is 0 Å². The second kappa shape index (κ2) is 6.35. The molecule has 1 amide bonds. The molecule has 0 aliphatic heterocycles. The van der Waals surface area contributed by atoms with Gasteiger partial charge in [-0.05, 0) is 12.0 Å². The van der Waals surface area contributed by atoms with Crippen LogP contribution in [0.2, 0.25) is 0 Å². The largest absolute Gasteiger partial charge is 0.465 e. The molecule has 0 fully saturated rings. The number of amides is 1. The van der Waals surface area contributed by atoms with Crippen LogP contribution in [0.15, 0.2) is 30.3 Å². The molecule has 0 bridgehead atoms. The van der Waals surface area contributed by atoms with E-state index in [2.05, 4.69) is 5.32 Å². The van der Waals surface area contributed by atoms with Gasteiger partial charge in [-0.2, -0.15) is 0 Å². The molecule has 2 atom stereocenters. The predicted octanol–water partition coefficient (Wildman–Crippen LogP) is 1.46. The predicted molar refractivity (Wildman–Crippen MR) is 61.8 cm³/mol. The Bertz CT molecular complexity index is 331. The molecule has 1 aromatic rings. The lowest BCUT2D eigenvalue weighted by Crippen LogP contribution is -2.45. The SMILES string of the molecule is O=C(O)N[C@@H](Cc1ccccc1)[C@H](O)CCl. The van der Waals surface area contributed by atoms with Crippen LogP contribution in [0, 0.1) is 0 Å². The molecule has 0 saturated carbocycles. The van der Waals surface area contributed by atoms with Crippen LogP contribution in [0.25, 0.3) is 0 Å². The van der Waals surface area contributed by atoms with Gasteiger partial charge in [0.1, 0.15) is 0 Å². The maximum atomic E-state index is 10.6. The van der Waals surface area contributed by atoms with Gasteiger partial charge in [0.05, 0.1) is 18.0 Å². The van der Waals surface area contributed by atoms with Crippen molar-refractivity contribution in [3.05, 3.63) is 35.9 Å². The summed E-state index contributed by atoms with van der Waals surface area (Å²) in [7, 11) is 0. The summed E-state index contributed by atoms with van der Waals surface area (Å²) in [6.07, 6.45) is -1.64. The van der Waals surface area contributed by atoms with Crippen molar-refractivity contribution >= 4 is 17.7 Å². The molecule has 0 heterocycles. The Balaban J connectivity index is 2.67. The Morgan fingerprint density at radius 2 is 2.00 bits per heavy atom. The molecule has 1 aromatic carbocycles. The van der Waals surface area contributed by atoms with E-state index >= 15 is 0 Å². The Hall–Kier alpha value is -1.26. The molecule has 88 valence electrons. The first-order chi connectivity index (χ1) is 7.63. The molecular formula is C11H14ClNO3. The molecule has 0 saturated heterocycles. The molecule has 1 rings (SSSR count). The van der Waals surface area contributed by atoms with Gasteiger partial charge in [0.25, 0.3) is 0 Å². The lowest BCUT2D eigenvalue weighted by Gasteiger charge is -2.21. The van der Waals surface area contributed by atoms with Crippen molar-refractivity contribution < 1.29 is 15.0 Å². The molecule has 0 spiro atoms. The van der Waals surface area contributed by atoms with E-state index in [4.69, 9.17) is 16.7 Å². The van der Waals surface area contributed by atoms with Crippen LogP contribution in [0.5, 0.6) is 0 Å². The van der Waals surface area contributed by atoms with E-state index in [1.165, 1.54) is 0 Å². The number of alkyl halides is 1. The fourth-order valence-corrected chi connectivity index (χ4v) is 1.63. The number of carbonyl (C=O) groups is 1. The lowest BCUT2D eigenvalue weighted by atomic mass is 10.0. The molecule has 0 radical (unpaired) electrons. The number of halogens is 1. The topological polar surface area (TPSA) is 69.6 Å². The van der Waals surface area contributed by atoms with Crippen LogP contribution in [0.3, 0.4) is 0 Å². The fourth-order valence-electron chi connectivity index (χ4n) is 1.42. The molecular weight excluding hydrogens is 230 g/mol. The summed E-state index contributed by atoms with van der Waals surface area (Å²) in [5.41, 5.74) is 0.949. The number of rotatable bonds is 5. The van der Waals surface area contributed by atoms with Crippen molar-refractivity contribution in [3.8, 4) is 0 Å². The Kier molecular flexibility index (Phi) is 5.08. The number of hydrogen-bond donors (Lipinski definition) is 3. The van der Waals surface area contributed by atoms with E-state index in [0.717, 1.165) is 5.56 Å². The summed E-state index contributed by atoms with van der Waals surface area (Å²) in [5, 5.41) is 20.5. The number of nitrogens with one attached hydrogen (secondary N) is 1. The molecule has 0 unspecified atom stereocenters. The van der Waals surface area contributed by atoms with Crippen molar-refractivity contribution in [3.63, 3.8) is 0 Å². The highest BCUT2D eigenvalue weighted by atomic mass is 35.5. The summed E-state index contributed by atoms with van der Waals surface area (Å²) in [5.74, 6) is -0.00220. The first-order valence-electron chi connectivity index (χ1n) is 4.91. The van der Waals surface area contributed by atoms with E-state index in [-0.39, 0.29) is 5.88 Å². The summed E-state index contributed by atoms with van der Waals surface area (Å²) in [4.78, 5) is 10.6. The van der Waals surface area contributed by atoms with Gasteiger partial charge < -0.3 is 15.5 Å². The number of aliphatic hydroxyl groups is 1. The fraction of sp³-hybridized carbons (Fsp3) is 0.364. The van der Waals surface area contributed by atoms with Crippen molar-refractivity contribution in [2.45, 2.75) is 18.6 Å². The summed E-state index contributed by atoms with van der Waals surface area (Å²) in [6.45, 7) is 0. The molecule has 0 aliphatic carbocycles. The maximum absolute atomic E-state index is 10.6. The summed E-state index contributed by atoms with van der Waals surface area (Å²) >= 11 is 5.51. The third-order valence-electron chi connectivity index (χ3n) is 2.23. The first-order valence-corrected chi connectivity index (χ1v) is 5.44. The highest BCUT2D eigenvalue weighted by Crippen LogP contribution is 2.07. The molecule has 0 aliphatic rings. The maximum Gasteiger partial charge on any atom is 0.404 e. The van der Waals surface area contributed by atoms with E-state index in [9.17, 15) is 9.90 Å². The average Bonchev–Trinajstić information content (AvgIpc) is 2.28. The molecule has 5 heteroatoms. The van der Waals surface area contributed by atoms with E-state index in [1.54, 1.807) is 0 Å². The minimum atomic E-state index is -1.16. The lowest BCUT2D eigenvalue weighted by molar-refractivity contribution is 0.135. The summed E-state index contributed by atoms with van der Waals surface area (Å²) in [6, 6.07) is 8.76. The van der Waals surface area contributed by atoms with Crippen molar-refractivity contribution in [2.75, 3.05) is 5.88 Å². The smallest absolute Gasteiger partial charge is 0.404 e. The van der Waals surface area contributed by atoms with Crippen molar-refractivity contribution in [2.24, 2.45) is 0 Å². The summed E-state index contributed by atoms with van der Waals surface area (Å²) < 4.78 is 0. The van der Waals surface area contributed by atoms with Crippen LogP contribution in [0.4, 0.5) is 4.79 Å². The van der Waals surface area contributed by atoms with Gasteiger partial charge in [-0.3, -0.25) is 0 Å². The van der Waals surface area contributed by atoms with Gasteiger partial charge in [-0.15, -0.1) is 11.6 Å². The van der Waals surface area contributed by atoms with Gasteiger partial charge in [-0.1, -0.05) is 30.3 Å². The zero-order valence-corrected chi connectivity index (χ0v) is 9.39. The molecule has 3 N–H and O–H groups in total. The third-order valence-corrected chi connectivity index (χ3v) is 2.55. The minimum absolute atomic E-state index is 0.00220. The van der Waals surface area contributed by atoms with Gasteiger partial charge in [0.2, 0.25) is 0 Å². The van der Waals surface area contributed by atoms with E-state index in [1.807, 2.05) is 30.3 Å². The first kappa shape index (κ1) is 12.8. The van der Waals surface area contributed by atoms with Gasteiger partial charge in [-0.25, -0.2) is 4.79 Å².